The molecule has 4 atom stereocenters. The van der Waals surface area contributed by atoms with E-state index >= 15 is 0 Å². The van der Waals surface area contributed by atoms with Gasteiger partial charge < -0.3 is 31.9 Å². The minimum atomic E-state index is -1.41. The number of hydrogen-bond donors (Lipinski definition) is 5. The SMILES string of the molecule is CC[C@H](C)[C@H](NC(=O)[C@H](CC(N)=O)NC(=O)c1cc(Cl)ccc1OC[C@H](N)Cc1ccccc1)C(=O)O. The van der Waals surface area contributed by atoms with E-state index in [0.717, 1.165) is 5.56 Å². The lowest BCUT2D eigenvalue weighted by Crippen LogP contribution is -2.54. The lowest BCUT2D eigenvalue weighted by atomic mass is 9.98. The number of carbonyl (C=O) groups is 4. The van der Waals surface area contributed by atoms with Gasteiger partial charge in [0, 0.05) is 11.1 Å². The predicted molar refractivity (Wildman–Crippen MR) is 139 cm³/mol. The summed E-state index contributed by atoms with van der Waals surface area (Å²) in [5.74, 6) is -3.92. The second-order valence-corrected chi connectivity index (χ2v) is 9.24. The van der Waals surface area contributed by atoms with Crippen molar-refractivity contribution < 1.29 is 29.0 Å². The molecule has 10 nitrogen and oxygen atoms in total. The van der Waals surface area contributed by atoms with E-state index in [1.54, 1.807) is 13.8 Å². The number of nitrogens with two attached hydrogens (primary N) is 2. The van der Waals surface area contributed by atoms with Gasteiger partial charge in [-0.15, -0.1) is 0 Å². The first-order chi connectivity index (χ1) is 17.5. The summed E-state index contributed by atoms with van der Waals surface area (Å²) in [5.41, 5.74) is 12.5. The summed E-state index contributed by atoms with van der Waals surface area (Å²) in [7, 11) is 0. The Labute approximate surface area is 220 Å². The number of carboxylic acid groups (broad SMARTS) is 1. The van der Waals surface area contributed by atoms with Crippen molar-refractivity contribution in [2.45, 2.75) is 51.2 Å². The molecule has 11 heteroatoms. The van der Waals surface area contributed by atoms with Crippen LogP contribution in [0.15, 0.2) is 48.5 Å². The maximum atomic E-state index is 13.1. The Balaban J connectivity index is 2.17. The Morgan fingerprint density at radius 3 is 2.35 bits per heavy atom. The van der Waals surface area contributed by atoms with Crippen LogP contribution >= 0.6 is 11.6 Å². The molecule has 3 amide bonds. The number of amides is 3. The second kappa shape index (κ2) is 14.2. The lowest BCUT2D eigenvalue weighted by molar-refractivity contribution is -0.143. The summed E-state index contributed by atoms with van der Waals surface area (Å²) in [5, 5.41) is 14.5. The number of rotatable bonds is 14. The molecule has 0 unspecified atom stereocenters. The molecule has 2 aromatic rings. The molecule has 0 aliphatic rings. The van der Waals surface area contributed by atoms with E-state index < -0.39 is 42.2 Å². The molecule has 0 saturated carbocycles. The first-order valence-corrected chi connectivity index (χ1v) is 12.2. The van der Waals surface area contributed by atoms with Gasteiger partial charge in [-0.05, 0) is 36.1 Å². The van der Waals surface area contributed by atoms with Crippen LogP contribution in [0.1, 0.15) is 42.6 Å². The van der Waals surface area contributed by atoms with Crippen LogP contribution in [0.2, 0.25) is 5.02 Å². The van der Waals surface area contributed by atoms with Gasteiger partial charge >= 0.3 is 5.97 Å². The van der Waals surface area contributed by atoms with Gasteiger partial charge in [0.15, 0.2) is 0 Å². The molecular formula is C26H33ClN4O6. The second-order valence-electron chi connectivity index (χ2n) is 8.81. The average Bonchev–Trinajstić information content (AvgIpc) is 2.85. The fourth-order valence-corrected chi connectivity index (χ4v) is 3.73. The smallest absolute Gasteiger partial charge is 0.326 e. The van der Waals surface area contributed by atoms with Crippen molar-refractivity contribution in [3.63, 3.8) is 0 Å². The molecule has 0 spiro atoms. The number of primary amides is 1. The molecule has 0 saturated heterocycles. The topological polar surface area (TPSA) is 174 Å². The van der Waals surface area contributed by atoms with Crippen molar-refractivity contribution in [2.24, 2.45) is 17.4 Å². The van der Waals surface area contributed by atoms with Crippen LogP contribution in [-0.2, 0) is 20.8 Å². The van der Waals surface area contributed by atoms with Crippen LogP contribution in [0.3, 0.4) is 0 Å². The summed E-state index contributed by atoms with van der Waals surface area (Å²) >= 11 is 6.09. The summed E-state index contributed by atoms with van der Waals surface area (Å²) in [6, 6.07) is 11.0. The molecule has 200 valence electrons. The number of carboxylic acids is 1. The first kappa shape index (κ1) is 29.6. The van der Waals surface area contributed by atoms with Crippen LogP contribution < -0.4 is 26.8 Å². The van der Waals surface area contributed by atoms with Crippen molar-refractivity contribution in [3.05, 3.63) is 64.7 Å². The molecule has 0 aliphatic heterocycles. The van der Waals surface area contributed by atoms with Crippen LogP contribution in [0, 0.1) is 5.92 Å². The van der Waals surface area contributed by atoms with Crippen LogP contribution in [-0.4, -0.2) is 53.5 Å². The van der Waals surface area contributed by atoms with E-state index in [4.69, 9.17) is 27.8 Å². The third-order valence-corrected chi connectivity index (χ3v) is 6.02. The van der Waals surface area contributed by atoms with Crippen molar-refractivity contribution in [1.29, 1.82) is 0 Å². The highest BCUT2D eigenvalue weighted by atomic mass is 35.5. The molecule has 0 aromatic heterocycles. The lowest BCUT2D eigenvalue weighted by Gasteiger charge is -2.24. The van der Waals surface area contributed by atoms with Crippen molar-refractivity contribution in [1.82, 2.24) is 10.6 Å². The highest BCUT2D eigenvalue weighted by Gasteiger charge is 2.31. The monoisotopic (exact) mass is 532 g/mol. The zero-order chi connectivity index (χ0) is 27.5. The van der Waals surface area contributed by atoms with Gasteiger partial charge in [0.25, 0.3) is 5.91 Å². The molecule has 0 bridgehead atoms. The van der Waals surface area contributed by atoms with Gasteiger partial charge in [-0.25, -0.2) is 4.79 Å². The summed E-state index contributed by atoms with van der Waals surface area (Å²) in [4.78, 5) is 49.2. The van der Waals surface area contributed by atoms with Crippen LogP contribution in [0.4, 0.5) is 0 Å². The Morgan fingerprint density at radius 1 is 1.08 bits per heavy atom. The van der Waals surface area contributed by atoms with E-state index in [2.05, 4.69) is 10.6 Å². The third-order valence-electron chi connectivity index (χ3n) is 5.78. The fraction of sp³-hybridized carbons (Fsp3) is 0.385. The largest absolute Gasteiger partial charge is 0.491 e. The normalized spacial score (nSPS) is 14.1. The van der Waals surface area contributed by atoms with E-state index in [0.29, 0.717) is 12.8 Å². The Bertz CT molecular complexity index is 1100. The van der Waals surface area contributed by atoms with Gasteiger partial charge in [0.05, 0.1) is 12.0 Å². The average molecular weight is 533 g/mol. The maximum absolute atomic E-state index is 13.1. The number of halogens is 1. The molecule has 0 aliphatic carbocycles. The van der Waals surface area contributed by atoms with Gasteiger partial charge in [0.2, 0.25) is 11.8 Å². The highest BCUT2D eigenvalue weighted by molar-refractivity contribution is 6.31. The third kappa shape index (κ3) is 9.40. The zero-order valence-electron chi connectivity index (χ0n) is 20.8. The number of nitrogens with one attached hydrogen (secondary N) is 2. The van der Waals surface area contributed by atoms with Gasteiger partial charge in [-0.2, -0.15) is 0 Å². The standard InChI is InChI=1S/C26H33ClN4O6/c1-3-15(2)23(26(35)36)31-25(34)20(13-22(29)32)30-24(33)19-12-17(27)9-10-21(19)37-14-18(28)11-16-7-5-4-6-8-16/h4-10,12,15,18,20,23H,3,11,13-14,28H2,1-2H3,(H2,29,32)(H,30,33)(H,31,34)(H,35,36)/t15-,18+,20-,23-/m0/s1. The molecule has 7 N–H and O–H groups in total. The minimum Gasteiger partial charge on any atom is -0.491 e. The number of ether oxygens (including phenoxy) is 1. The minimum absolute atomic E-state index is 0.0124. The highest BCUT2D eigenvalue weighted by Crippen LogP contribution is 2.23. The molecule has 0 fully saturated rings. The first-order valence-electron chi connectivity index (χ1n) is 11.9. The Morgan fingerprint density at radius 2 is 1.76 bits per heavy atom. The van der Waals surface area contributed by atoms with Crippen LogP contribution in [0.25, 0.3) is 0 Å². The zero-order valence-corrected chi connectivity index (χ0v) is 21.5. The van der Waals surface area contributed by atoms with E-state index in [9.17, 15) is 24.3 Å². The van der Waals surface area contributed by atoms with E-state index in [-0.39, 0.29) is 34.9 Å². The quantitative estimate of drug-likeness (QED) is 0.247. The summed E-state index contributed by atoms with van der Waals surface area (Å²) in [6.07, 6.45) is 0.501. The Hall–Kier alpha value is -3.63. The predicted octanol–water partition coefficient (Wildman–Crippen LogP) is 1.88. The number of benzene rings is 2. The summed E-state index contributed by atoms with van der Waals surface area (Å²) < 4.78 is 5.80. The maximum Gasteiger partial charge on any atom is 0.326 e. The van der Waals surface area contributed by atoms with Crippen molar-refractivity contribution >= 4 is 35.3 Å². The summed E-state index contributed by atoms with van der Waals surface area (Å²) in [6.45, 7) is 3.54. The number of aliphatic carboxylic acids is 1. The number of carbonyl (C=O) groups excluding carboxylic acids is 3. The van der Waals surface area contributed by atoms with Gasteiger partial charge in [-0.3, -0.25) is 14.4 Å². The molecule has 2 rings (SSSR count). The molecule has 37 heavy (non-hydrogen) atoms. The molecule has 2 aromatic carbocycles. The van der Waals surface area contributed by atoms with Crippen molar-refractivity contribution in [3.8, 4) is 5.75 Å². The molecule has 0 heterocycles. The van der Waals surface area contributed by atoms with E-state index in [1.807, 2.05) is 30.3 Å². The number of hydrogen-bond acceptors (Lipinski definition) is 6. The van der Waals surface area contributed by atoms with Crippen LogP contribution in [0.5, 0.6) is 5.75 Å². The molecular weight excluding hydrogens is 500 g/mol. The van der Waals surface area contributed by atoms with Gasteiger partial charge in [-0.1, -0.05) is 62.2 Å². The fourth-order valence-electron chi connectivity index (χ4n) is 3.56. The molecule has 0 radical (unpaired) electrons. The van der Waals surface area contributed by atoms with E-state index in [1.165, 1.54) is 18.2 Å². The van der Waals surface area contributed by atoms with Crippen molar-refractivity contribution in [2.75, 3.05) is 6.61 Å². The Kier molecular flexibility index (Phi) is 11.4. The van der Waals surface area contributed by atoms with Gasteiger partial charge in [0.1, 0.15) is 24.4 Å².